The second-order valence-electron chi connectivity index (χ2n) is 5.61. The first kappa shape index (κ1) is 13.9. The van der Waals surface area contributed by atoms with E-state index in [0.717, 1.165) is 13.1 Å². The molecule has 106 valence electrons. The average molecular weight is 264 g/mol. The molecular formula is C14H24N4O. The van der Waals surface area contributed by atoms with Gasteiger partial charge >= 0.3 is 6.03 Å². The van der Waals surface area contributed by atoms with E-state index in [1.807, 2.05) is 10.8 Å². The summed E-state index contributed by atoms with van der Waals surface area (Å²) in [7, 11) is 0. The Bertz CT molecular complexity index is 371. The molecule has 1 aromatic heterocycles. The third kappa shape index (κ3) is 4.93. The maximum atomic E-state index is 11.7. The molecule has 1 fully saturated rings. The summed E-state index contributed by atoms with van der Waals surface area (Å²) in [5.74, 6) is 1.08. The van der Waals surface area contributed by atoms with Crippen molar-refractivity contribution in [3.63, 3.8) is 0 Å². The summed E-state index contributed by atoms with van der Waals surface area (Å²) < 4.78 is 2.03. The van der Waals surface area contributed by atoms with Crippen LogP contribution in [-0.2, 0) is 6.54 Å². The Labute approximate surface area is 114 Å². The lowest BCUT2D eigenvalue weighted by molar-refractivity contribution is 0.236. The SMILES string of the molecule is C[C@@H](CNC(=O)NCC1CCCC1)Cn1ccnc1. The van der Waals surface area contributed by atoms with Crippen LogP contribution < -0.4 is 10.6 Å². The van der Waals surface area contributed by atoms with Crippen molar-refractivity contribution < 1.29 is 4.79 Å². The number of imidazole rings is 1. The van der Waals surface area contributed by atoms with Gasteiger partial charge in [0.25, 0.3) is 0 Å². The van der Waals surface area contributed by atoms with Crippen molar-refractivity contribution in [3.05, 3.63) is 18.7 Å². The van der Waals surface area contributed by atoms with Crippen LogP contribution in [0.4, 0.5) is 4.79 Å². The number of nitrogens with zero attached hydrogens (tertiary/aromatic N) is 2. The molecule has 0 aliphatic heterocycles. The van der Waals surface area contributed by atoms with E-state index in [1.54, 1.807) is 12.5 Å². The van der Waals surface area contributed by atoms with E-state index in [4.69, 9.17) is 0 Å². The summed E-state index contributed by atoms with van der Waals surface area (Å²) in [6.07, 6.45) is 10.7. The first-order valence-electron chi connectivity index (χ1n) is 7.21. The molecule has 1 aliphatic rings. The minimum absolute atomic E-state index is 0.0376. The van der Waals surface area contributed by atoms with Crippen LogP contribution in [-0.4, -0.2) is 28.7 Å². The van der Waals surface area contributed by atoms with Crippen molar-refractivity contribution in [2.24, 2.45) is 11.8 Å². The molecule has 0 radical (unpaired) electrons. The van der Waals surface area contributed by atoms with Gasteiger partial charge in [-0.1, -0.05) is 19.8 Å². The molecule has 19 heavy (non-hydrogen) atoms. The van der Waals surface area contributed by atoms with E-state index in [0.29, 0.717) is 18.4 Å². The molecule has 2 amide bonds. The molecular weight excluding hydrogens is 240 g/mol. The highest BCUT2D eigenvalue weighted by Crippen LogP contribution is 2.23. The molecule has 0 bridgehead atoms. The molecule has 2 rings (SSSR count). The van der Waals surface area contributed by atoms with Crippen molar-refractivity contribution in [2.45, 2.75) is 39.2 Å². The molecule has 1 aliphatic carbocycles. The predicted molar refractivity (Wildman–Crippen MR) is 74.8 cm³/mol. The Hall–Kier alpha value is -1.52. The van der Waals surface area contributed by atoms with Crippen LogP contribution in [0.1, 0.15) is 32.6 Å². The van der Waals surface area contributed by atoms with Gasteiger partial charge in [-0.05, 0) is 24.7 Å². The quantitative estimate of drug-likeness (QED) is 0.825. The maximum absolute atomic E-state index is 11.7. The van der Waals surface area contributed by atoms with Gasteiger partial charge in [-0.25, -0.2) is 9.78 Å². The molecule has 1 heterocycles. The molecule has 5 heteroatoms. The zero-order valence-electron chi connectivity index (χ0n) is 11.6. The van der Waals surface area contributed by atoms with Crippen molar-refractivity contribution in [2.75, 3.05) is 13.1 Å². The number of amides is 2. The number of urea groups is 1. The van der Waals surface area contributed by atoms with Gasteiger partial charge in [0.2, 0.25) is 0 Å². The van der Waals surface area contributed by atoms with Crippen molar-refractivity contribution in [1.29, 1.82) is 0 Å². The van der Waals surface area contributed by atoms with Gasteiger partial charge in [0.1, 0.15) is 0 Å². The van der Waals surface area contributed by atoms with E-state index in [-0.39, 0.29) is 6.03 Å². The summed E-state index contributed by atoms with van der Waals surface area (Å²) in [5, 5.41) is 5.90. The van der Waals surface area contributed by atoms with Crippen molar-refractivity contribution >= 4 is 6.03 Å². The van der Waals surface area contributed by atoms with Gasteiger partial charge in [0.05, 0.1) is 6.33 Å². The zero-order chi connectivity index (χ0) is 13.5. The van der Waals surface area contributed by atoms with Gasteiger partial charge in [-0.2, -0.15) is 0 Å². The molecule has 1 aromatic rings. The third-order valence-corrected chi connectivity index (χ3v) is 3.72. The van der Waals surface area contributed by atoms with Crippen LogP contribution in [0.3, 0.4) is 0 Å². The van der Waals surface area contributed by atoms with Crippen LogP contribution >= 0.6 is 0 Å². The van der Waals surface area contributed by atoms with Crippen molar-refractivity contribution in [3.8, 4) is 0 Å². The zero-order valence-corrected chi connectivity index (χ0v) is 11.6. The molecule has 0 unspecified atom stereocenters. The van der Waals surface area contributed by atoms with E-state index in [1.165, 1.54) is 25.7 Å². The fourth-order valence-electron chi connectivity index (χ4n) is 2.60. The fraction of sp³-hybridized carbons (Fsp3) is 0.714. The summed E-state index contributed by atoms with van der Waals surface area (Å²) in [4.78, 5) is 15.7. The molecule has 2 N–H and O–H groups in total. The largest absolute Gasteiger partial charge is 0.338 e. The minimum atomic E-state index is -0.0376. The van der Waals surface area contributed by atoms with E-state index < -0.39 is 0 Å². The van der Waals surface area contributed by atoms with Crippen LogP contribution in [0, 0.1) is 11.8 Å². The van der Waals surface area contributed by atoms with Gasteiger partial charge < -0.3 is 15.2 Å². The van der Waals surface area contributed by atoms with E-state index >= 15 is 0 Å². The number of nitrogens with one attached hydrogen (secondary N) is 2. The molecule has 1 atom stereocenters. The standard InChI is InChI=1S/C14H24N4O/c1-12(10-18-7-6-15-11-18)8-16-14(19)17-9-13-4-2-3-5-13/h6-7,11-13H,2-5,8-10H2,1H3,(H2,16,17,19)/t12-/m0/s1. The first-order valence-corrected chi connectivity index (χ1v) is 7.21. The Kier molecular flexibility index (Phi) is 5.24. The number of hydrogen-bond acceptors (Lipinski definition) is 2. The lowest BCUT2D eigenvalue weighted by Crippen LogP contribution is -2.40. The monoisotopic (exact) mass is 264 g/mol. The summed E-state index contributed by atoms with van der Waals surface area (Å²) >= 11 is 0. The number of carbonyl (C=O) groups excluding carboxylic acids is 1. The highest BCUT2D eigenvalue weighted by atomic mass is 16.2. The Morgan fingerprint density at radius 2 is 2.21 bits per heavy atom. The highest BCUT2D eigenvalue weighted by molar-refractivity contribution is 5.73. The molecule has 0 spiro atoms. The fourth-order valence-corrected chi connectivity index (χ4v) is 2.60. The van der Waals surface area contributed by atoms with Crippen LogP contribution in [0.2, 0.25) is 0 Å². The molecule has 0 aromatic carbocycles. The van der Waals surface area contributed by atoms with Crippen molar-refractivity contribution in [1.82, 2.24) is 20.2 Å². The van der Waals surface area contributed by atoms with E-state index in [2.05, 4.69) is 22.5 Å². The summed E-state index contributed by atoms with van der Waals surface area (Å²) in [6, 6.07) is -0.0376. The Balaban J connectivity index is 1.57. The Morgan fingerprint density at radius 1 is 1.42 bits per heavy atom. The normalized spacial score (nSPS) is 17.3. The van der Waals surface area contributed by atoms with Gasteiger partial charge in [0, 0.05) is 32.0 Å². The maximum Gasteiger partial charge on any atom is 0.314 e. The van der Waals surface area contributed by atoms with Gasteiger partial charge in [0.15, 0.2) is 0 Å². The molecule has 1 saturated carbocycles. The minimum Gasteiger partial charge on any atom is -0.338 e. The average Bonchev–Trinajstić information content (AvgIpc) is 3.06. The first-order chi connectivity index (χ1) is 9.24. The van der Waals surface area contributed by atoms with E-state index in [9.17, 15) is 4.79 Å². The topological polar surface area (TPSA) is 59.0 Å². The smallest absolute Gasteiger partial charge is 0.314 e. The highest BCUT2D eigenvalue weighted by Gasteiger charge is 2.15. The third-order valence-electron chi connectivity index (χ3n) is 3.72. The van der Waals surface area contributed by atoms with Gasteiger partial charge in [-0.15, -0.1) is 0 Å². The number of hydrogen-bond donors (Lipinski definition) is 2. The number of rotatable bonds is 6. The molecule has 0 saturated heterocycles. The van der Waals surface area contributed by atoms with Gasteiger partial charge in [-0.3, -0.25) is 0 Å². The second kappa shape index (κ2) is 7.16. The van der Waals surface area contributed by atoms with Crippen LogP contribution in [0.25, 0.3) is 0 Å². The summed E-state index contributed by atoms with van der Waals surface area (Å²) in [5.41, 5.74) is 0. The lowest BCUT2D eigenvalue weighted by Gasteiger charge is -2.15. The Morgan fingerprint density at radius 3 is 2.89 bits per heavy atom. The van der Waals surface area contributed by atoms with Crippen LogP contribution in [0.15, 0.2) is 18.7 Å². The number of aromatic nitrogens is 2. The second-order valence-corrected chi connectivity index (χ2v) is 5.61. The number of carbonyl (C=O) groups is 1. The molecule has 5 nitrogen and oxygen atoms in total. The summed E-state index contributed by atoms with van der Waals surface area (Å²) in [6.45, 7) is 4.51. The van der Waals surface area contributed by atoms with Crippen LogP contribution in [0.5, 0.6) is 0 Å². The predicted octanol–water partition coefficient (Wildman–Crippen LogP) is 2.01. The lowest BCUT2D eigenvalue weighted by atomic mass is 10.1.